The van der Waals surface area contributed by atoms with Gasteiger partial charge in [-0.05, 0) is 60.8 Å². The van der Waals surface area contributed by atoms with Crippen LogP contribution in [0.3, 0.4) is 0 Å². The fourth-order valence-electron chi connectivity index (χ4n) is 3.57. The van der Waals surface area contributed by atoms with Gasteiger partial charge in [0.2, 0.25) is 0 Å². The van der Waals surface area contributed by atoms with E-state index in [2.05, 4.69) is 5.32 Å². The van der Waals surface area contributed by atoms with E-state index in [0.29, 0.717) is 19.3 Å². The fourth-order valence-corrected chi connectivity index (χ4v) is 22.6. The number of rotatable bonds is 11. The zero-order valence-electron chi connectivity index (χ0n) is 23.1. The van der Waals surface area contributed by atoms with Gasteiger partial charge in [-0.3, -0.25) is 4.79 Å². The maximum Gasteiger partial charge on any atom is 0.462 e. The summed E-state index contributed by atoms with van der Waals surface area (Å²) in [7, 11) is -8.24. The summed E-state index contributed by atoms with van der Waals surface area (Å²) in [6.45, 7) is 10.3. The van der Waals surface area contributed by atoms with Gasteiger partial charge in [0.1, 0.15) is 5.60 Å². The number of hydrogen-bond acceptors (Lipinski definition) is 9. The second-order valence-corrected chi connectivity index (χ2v) is 26.6. The van der Waals surface area contributed by atoms with Crippen molar-refractivity contribution in [2.24, 2.45) is 5.41 Å². The van der Waals surface area contributed by atoms with Crippen LogP contribution in [0.15, 0.2) is 0 Å². The molecule has 0 saturated heterocycles. The van der Waals surface area contributed by atoms with Crippen LogP contribution in [-0.4, -0.2) is 72.9 Å². The Morgan fingerprint density at radius 2 is 1.34 bits per heavy atom. The van der Waals surface area contributed by atoms with E-state index in [1.54, 1.807) is 41.5 Å². The Kier molecular flexibility index (Phi) is 11.5. The van der Waals surface area contributed by atoms with Crippen LogP contribution >= 0.6 is 0 Å². The minimum Gasteiger partial charge on any atom is -0.465 e. The van der Waals surface area contributed by atoms with Gasteiger partial charge in [-0.25, -0.2) is 21.6 Å². The average Bonchev–Trinajstić information content (AvgIpc) is 2.54. The molecule has 1 N–H and O–H groups in total. The number of carbonyl (C=O) groups excluding carboxylic acids is 2. The SMILES string of the molecule is CC(C)(C)OC(=O)NC(CCCCOC(=O)C(C)(C)C)CO[Si](C(C)(C)C)(S(C)(=O)=O)S(C)(=O)=O. The molecule has 0 radical (unpaired) electrons. The summed E-state index contributed by atoms with van der Waals surface area (Å²) in [6, 6.07) is -0.721. The van der Waals surface area contributed by atoms with Crippen LogP contribution in [0.25, 0.3) is 0 Å². The van der Waals surface area contributed by atoms with E-state index < -0.39 is 53.4 Å². The van der Waals surface area contributed by atoms with Crippen LogP contribution in [0.5, 0.6) is 0 Å². The van der Waals surface area contributed by atoms with Gasteiger partial charge in [-0.15, -0.1) is 0 Å². The number of unbranched alkanes of at least 4 members (excludes halogenated alkanes) is 1. The monoisotopic (exact) mass is 559 g/mol. The third kappa shape index (κ3) is 10.4. The second kappa shape index (κ2) is 11.9. The maximum atomic E-state index is 12.8. The molecule has 0 aromatic carbocycles. The zero-order chi connectivity index (χ0) is 28.1. The van der Waals surface area contributed by atoms with Crippen molar-refractivity contribution < 1.29 is 40.3 Å². The van der Waals surface area contributed by atoms with Gasteiger partial charge in [-0.1, -0.05) is 20.8 Å². The quantitative estimate of drug-likeness (QED) is 0.229. The van der Waals surface area contributed by atoms with Crippen LogP contribution < -0.4 is 5.32 Å². The zero-order valence-corrected chi connectivity index (χ0v) is 25.7. The molecule has 0 bridgehead atoms. The predicted molar refractivity (Wildman–Crippen MR) is 139 cm³/mol. The first kappa shape index (κ1) is 33.8. The molecule has 1 amide bonds. The Balaban J connectivity index is 5.67. The Bertz CT molecular complexity index is 909. The molecule has 0 heterocycles. The Labute approximate surface area is 212 Å². The molecule has 0 saturated carbocycles. The van der Waals surface area contributed by atoms with E-state index in [9.17, 15) is 26.4 Å². The summed E-state index contributed by atoms with van der Waals surface area (Å²) in [5, 5.41) is 1.47. The molecule has 0 spiro atoms. The molecular weight excluding hydrogens is 514 g/mol. The summed E-state index contributed by atoms with van der Waals surface area (Å²) < 4.78 is 67.7. The number of carbonyl (C=O) groups is 2. The summed E-state index contributed by atoms with van der Waals surface area (Å²) in [6.07, 6.45) is 2.36. The van der Waals surface area contributed by atoms with E-state index in [1.165, 1.54) is 20.8 Å². The first-order valence-corrected chi connectivity index (χ1v) is 18.7. The Hall–Kier alpha value is -1.18. The minimum absolute atomic E-state index is 0.184. The summed E-state index contributed by atoms with van der Waals surface area (Å²) in [5.41, 5.74) is -1.38. The first-order chi connectivity index (χ1) is 15.3. The molecule has 1 unspecified atom stereocenters. The molecule has 0 rings (SSSR count). The summed E-state index contributed by atoms with van der Waals surface area (Å²) >= 11 is 0. The lowest BCUT2D eigenvalue weighted by atomic mass is 9.97. The number of amides is 1. The first-order valence-electron chi connectivity index (χ1n) is 11.5. The van der Waals surface area contributed by atoms with Gasteiger partial charge in [0.05, 0.1) is 24.7 Å². The van der Waals surface area contributed by atoms with Crippen molar-refractivity contribution in [1.29, 1.82) is 0 Å². The van der Waals surface area contributed by atoms with E-state index in [0.717, 1.165) is 12.5 Å². The van der Waals surface area contributed by atoms with Crippen molar-refractivity contribution in [2.45, 2.75) is 98.3 Å². The molecule has 208 valence electrons. The molecule has 0 aromatic rings. The highest BCUT2D eigenvalue weighted by atomic mass is 32.6. The van der Waals surface area contributed by atoms with Crippen molar-refractivity contribution >= 4 is 37.3 Å². The number of alkyl carbamates (subject to hydrolysis) is 1. The van der Waals surface area contributed by atoms with E-state index in [-0.39, 0.29) is 19.2 Å². The molecular formula is C22H45NO9S2Si. The van der Waals surface area contributed by atoms with Gasteiger partial charge in [-0.2, -0.15) is 0 Å². The minimum atomic E-state index is -4.47. The Morgan fingerprint density at radius 3 is 1.71 bits per heavy atom. The molecule has 0 aliphatic heterocycles. The van der Waals surface area contributed by atoms with Crippen LogP contribution in [0, 0.1) is 5.41 Å². The van der Waals surface area contributed by atoms with Crippen molar-refractivity contribution in [3.05, 3.63) is 0 Å². The van der Waals surface area contributed by atoms with Crippen molar-refractivity contribution in [3.8, 4) is 0 Å². The highest BCUT2D eigenvalue weighted by Crippen LogP contribution is 2.43. The predicted octanol–water partition coefficient (Wildman–Crippen LogP) is 3.48. The topological polar surface area (TPSA) is 142 Å². The van der Waals surface area contributed by atoms with Gasteiger partial charge in [0.15, 0.2) is 18.6 Å². The lowest BCUT2D eigenvalue weighted by molar-refractivity contribution is -0.153. The molecule has 10 nitrogen and oxygen atoms in total. The number of nitrogens with one attached hydrogen (secondary N) is 1. The molecule has 0 fully saturated rings. The van der Waals surface area contributed by atoms with Crippen LogP contribution in [0.4, 0.5) is 4.79 Å². The van der Waals surface area contributed by atoms with Gasteiger partial charge < -0.3 is 19.2 Å². The van der Waals surface area contributed by atoms with Crippen LogP contribution in [0.2, 0.25) is 5.04 Å². The number of ether oxygens (including phenoxy) is 2. The lowest BCUT2D eigenvalue weighted by Gasteiger charge is -2.38. The molecule has 35 heavy (non-hydrogen) atoms. The van der Waals surface area contributed by atoms with Gasteiger partial charge >= 0.3 is 18.7 Å². The maximum absolute atomic E-state index is 12.8. The smallest absolute Gasteiger partial charge is 0.462 e. The normalized spacial score (nSPS) is 14.8. The molecule has 0 aliphatic carbocycles. The molecule has 13 heteroatoms. The van der Waals surface area contributed by atoms with Crippen LogP contribution in [-0.2, 0) is 37.3 Å². The van der Waals surface area contributed by atoms with E-state index in [1.807, 2.05) is 0 Å². The standard InChI is InChI=1S/C22H45NO9S2Si/c1-20(2,3)18(24)30-15-13-12-14-17(23-19(25)32-21(4,5)6)16-31-35(22(7,8)9,33(10,26)27)34(11,28)29/h17H,12-16H2,1-11H3,(H,23,25). The third-order valence-corrected chi connectivity index (χ3v) is 24.9. The van der Waals surface area contributed by atoms with Crippen molar-refractivity contribution in [3.63, 3.8) is 0 Å². The summed E-state index contributed by atoms with van der Waals surface area (Å²) in [4.78, 5) is 24.3. The Morgan fingerprint density at radius 1 is 0.857 bits per heavy atom. The number of esters is 1. The van der Waals surface area contributed by atoms with Crippen molar-refractivity contribution in [2.75, 3.05) is 25.7 Å². The number of hydrogen-bond donors (Lipinski definition) is 1. The van der Waals surface area contributed by atoms with E-state index in [4.69, 9.17) is 13.9 Å². The van der Waals surface area contributed by atoms with Gasteiger partial charge in [0.25, 0.3) is 0 Å². The lowest BCUT2D eigenvalue weighted by Crippen LogP contribution is -2.61. The highest BCUT2D eigenvalue weighted by Gasteiger charge is 2.66. The molecule has 0 aliphatic rings. The highest BCUT2D eigenvalue weighted by molar-refractivity contribution is 8.50. The molecule has 1 atom stereocenters. The van der Waals surface area contributed by atoms with E-state index >= 15 is 0 Å². The second-order valence-electron chi connectivity index (χ2n) is 11.9. The van der Waals surface area contributed by atoms with Gasteiger partial charge in [0, 0.05) is 17.5 Å². The van der Waals surface area contributed by atoms with Crippen molar-refractivity contribution in [1.82, 2.24) is 5.32 Å². The largest absolute Gasteiger partial charge is 0.465 e. The van der Waals surface area contributed by atoms with Crippen LogP contribution in [0.1, 0.15) is 81.6 Å². The summed E-state index contributed by atoms with van der Waals surface area (Å²) in [5.74, 6) is -0.327. The molecule has 0 aromatic heterocycles. The third-order valence-electron chi connectivity index (χ3n) is 4.88. The average molecular weight is 560 g/mol. The fraction of sp³-hybridized carbons (Fsp3) is 0.909.